The van der Waals surface area contributed by atoms with Gasteiger partial charge in [-0.05, 0) is 57.9 Å². The first-order valence-electron chi connectivity index (χ1n) is 7.71. The van der Waals surface area contributed by atoms with Gasteiger partial charge in [-0.15, -0.1) is 0 Å². The molecule has 0 aromatic heterocycles. The number of benzene rings is 1. The summed E-state index contributed by atoms with van der Waals surface area (Å²) in [6.07, 6.45) is 1.05. The normalized spacial score (nSPS) is 24.4. The van der Waals surface area contributed by atoms with Crippen LogP contribution in [-0.4, -0.2) is 43.1 Å². The number of nitrogens with one attached hydrogen (secondary N) is 1. The van der Waals surface area contributed by atoms with Gasteiger partial charge in [0.1, 0.15) is 5.75 Å². The highest BCUT2D eigenvalue weighted by Gasteiger charge is 2.50. The standard InChI is InChI=1S/C16H24N2O4S/c1-12(2)22-14-8-6-13(7-9-14)17-15(19)16(3)10-5-11-18(4)23(16,20)21/h6-9,12H,5,10-11H2,1-4H3,(H,17,19)/t16-/m0/s1. The molecule has 23 heavy (non-hydrogen) atoms. The van der Waals surface area contributed by atoms with Crippen molar-refractivity contribution < 1.29 is 17.9 Å². The van der Waals surface area contributed by atoms with E-state index in [1.54, 1.807) is 24.3 Å². The lowest BCUT2D eigenvalue weighted by molar-refractivity contribution is -0.118. The molecule has 0 radical (unpaired) electrons. The van der Waals surface area contributed by atoms with E-state index < -0.39 is 20.7 Å². The van der Waals surface area contributed by atoms with E-state index in [-0.39, 0.29) is 6.10 Å². The van der Waals surface area contributed by atoms with E-state index in [1.165, 1.54) is 18.3 Å². The van der Waals surface area contributed by atoms with Crippen molar-refractivity contribution in [3.63, 3.8) is 0 Å². The molecular weight excluding hydrogens is 316 g/mol. The maximum Gasteiger partial charge on any atom is 0.246 e. The van der Waals surface area contributed by atoms with Crippen LogP contribution in [0.2, 0.25) is 0 Å². The summed E-state index contributed by atoms with van der Waals surface area (Å²) in [6.45, 7) is 5.80. The van der Waals surface area contributed by atoms with E-state index in [2.05, 4.69) is 5.32 Å². The fraction of sp³-hybridized carbons (Fsp3) is 0.562. The summed E-state index contributed by atoms with van der Waals surface area (Å²) in [5.74, 6) is 0.204. The van der Waals surface area contributed by atoms with Gasteiger partial charge in [0, 0.05) is 19.3 Å². The SMILES string of the molecule is CC(C)Oc1ccc(NC(=O)[C@]2(C)CCCN(C)S2(=O)=O)cc1. The lowest BCUT2D eigenvalue weighted by Gasteiger charge is -2.36. The van der Waals surface area contributed by atoms with E-state index >= 15 is 0 Å². The highest BCUT2D eigenvalue weighted by Crippen LogP contribution is 2.32. The molecule has 0 saturated carbocycles. The molecule has 0 aliphatic carbocycles. The third-order valence-corrected chi connectivity index (χ3v) is 6.60. The van der Waals surface area contributed by atoms with Gasteiger partial charge >= 0.3 is 0 Å². The van der Waals surface area contributed by atoms with E-state index in [4.69, 9.17) is 4.74 Å². The number of sulfonamides is 1. The molecule has 1 aromatic carbocycles. The maximum atomic E-state index is 12.6. The number of rotatable bonds is 4. The zero-order chi connectivity index (χ0) is 17.3. The van der Waals surface area contributed by atoms with Gasteiger partial charge in [-0.25, -0.2) is 12.7 Å². The summed E-state index contributed by atoms with van der Waals surface area (Å²) in [6, 6.07) is 6.91. The van der Waals surface area contributed by atoms with Crippen molar-refractivity contribution >= 4 is 21.6 Å². The fourth-order valence-electron chi connectivity index (χ4n) is 2.62. The van der Waals surface area contributed by atoms with Crippen molar-refractivity contribution in [3.05, 3.63) is 24.3 Å². The molecule has 1 aliphatic heterocycles. The summed E-state index contributed by atoms with van der Waals surface area (Å²) in [4.78, 5) is 12.6. The fourth-order valence-corrected chi connectivity index (χ4v) is 4.36. The van der Waals surface area contributed by atoms with Crippen molar-refractivity contribution in [1.29, 1.82) is 0 Å². The van der Waals surface area contributed by atoms with Crippen LogP contribution in [0.4, 0.5) is 5.69 Å². The molecule has 1 aliphatic rings. The minimum absolute atomic E-state index is 0.0669. The summed E-state index contributed by atoms with van der Waals surface area (Å²) in [5.41, 5.74) is 0.552. The Balaban J connectivity index is 2.15. The molecule has 1 amide bonds. The molecule has 0 bridgehead atoms. The molecule has 1 saturated heterocycles. The van der Waals surface area contributed by atoms with Crippen molar-refractivity contribution in [2.24, 2.45) is 0 Å². The van der Waals surface area contributed by atoms with Crippen LogP contribution in [0.5, 0.6) is 5.75 Å². The Labute approximate surface area is 137 Å². The topological polar surface area (TPSA) is 75.7 Å². The Morgan fingerprint density at radius 1 is 1.30 bits per heavy atom. The van der Waals surface area contributed by atoms with Crippen LogP contribution >= 0.6 is 0 Å². The van der Waals surface area contributed by atoms with Crippen LogP contribution in [0.25, 0.3) is 0 Å². The van der Waals surface area contributed by atoms with Gasteiger partial charge < -0.3 is 10.1 Å². The van der Waals surface area contributed by atoms with Gasteiger partial charge in [-0.2, -0.15) is 0 Å². The number of hydrogen-bond donors (Lipinski definition) is 1. The average molecular weight is 340 g/mol. The second-order valence-electron chi connectivity index (χ2n) is 6.31. The first-order chi connectivity index (χ1) is 10.7. The minimum atomic E-state index is -3.65. The Kier molecular flexibility index (Phi) is 5.01. The molecule has 0 spiro atoms. The van der Waals surface area contributed by atoms with Crippen molar-refractivity contribution in [1.82, 2.24) is 4.31 Å². The summed E-state index contributed by atoms with van der Waals surface area (Å²) < 4.78 is 30.3. The van der Waals surface area contributed by atoms with Crippen LogP contribution in [0, 0.1) is 0 Å². The quantitative estimate of drug-likeness (QED) is 0.912. The van der Waals surface area contributed by atoms with Crippen molar-refractivity contribution in [3.8, 4) is 5.75 Å². The number of anilines is 1. The molecule has 1 atom stereocenters. The molecule has 7 heteroatoms. The molecule has 128 valence electrons. The lowest BCUT2D eigenvalue weighted by Crippen LogP contribution is -2.56. The van der Waals surface area contributed by atoms with E-state index in [1.807, 2.05) is 13.8 Å². The average Bonchev–Trinajstić information content (AvgIpc) is 2.46. The maximum absolute atomic E-state index is 12.6. The summed E-state index contributed by atoms with van der Waals surface area (Å²) >= 11 is 0. The predicted octanol–water partition coefficient (Wildman–Crippen LogP) is 2.23. The molecular formula is C16H24N2O4S. The zero-order valence-corrected chi connectivity index (χ0v) is 14.8. The molecule has 6 nitrogen and oxygen atoms in total. The highest BCUT2D eigenvalue weighted by atomic mass is 32.2. The van der Waals surface area contributed by atoms with Gasteiger partial charge in [0.2, 0.25) is 15.9 Å². The highest BCUT2D eigenvalue weighted by molar-refractivity contribution is 7.91. The third-order valence-electron chi connectivity index (χ3n) is 4.07. The van der Waals surface area contributed by atoms with Gasteiger partial charge in [0.15, 0.2) is 4.75 Å². The Morgan fingerprint density at radius 2 is 1.91 bits per heavy atom. The molecule has 2 rings (SSSR count). The number of ether oxygens (including phenoxy) is 1. The van der Waals surface area contributed by atoms with Crippen LogP contribution in [0.15, 0.2) is 24.3 Å². The molecule has 1 N–H and O–H groups in total. The van der Waals surface area contributed by atoms with Gasteiger partial charge in [-0.1, -0.05) is 0 Å². The van der Waals surface area contributed by atoms with Crippen molar-refractivity contribution in [2.75, 3.05) is 18.9 Å². The Bertz CT molecular complexity index is 670. The van der Waals surface area contributed by atoms with Gasteiger partial charge in [0.25, 0.3) is 0 Å². The van der Waals surface area contributed by atoms with Crippen LogP contribution < -0.4 is 10.1 Å². The molecule has 1 fully saturated rings. The summed E-state index contributed by atoms with van der Waals surface area (Å²) in [5, 5.41) is 2.71. The Morgan fingerprint density at radius 3 is 2.48 bits per heavy atom. The van der Waals surface area contributed by atoms with Crippen LogP contribution in [0.1, 0.15) is 33.6 Å². The number of carbonyl (C=O) groups excluding carboxylic acids is 1. The van der Waals surface area contributed by atoms with Crippen LogP contribution in [0.3, 0.4) is 0 Å². The predicted molar refractivity (Wildman–Crippen MR) is 90.0 cm³/mol. The number of carbonyl (C=O) groups is 1. The second-order valence-corrected chi connectivity index (χ2v) is 8.78. The van der Waals surface area contributed by atoms with Gasteiger partial charge in [0.05, 0.1) is 6.10 Å². The minimum Gasteiger partial charge on any atom is -0.491 e. The van der Waals surface area contributed by atoms with Crippen molar-refractivity contribution in [2.45, 2.75) is 44.5 Å². The number of hydrogen-bond acceptors (Lipinski definition) is 4. The lowest BCUT2D eigenvalue weighted by atomic mass is 10.0. The van der Waals surface area contributed by atoms with E-state index in [0.29, 0.717) is 30.8 Å². The van der Waals surface area contributed by atoms with E-state index in [0.717, 1.165) is 0 Å². The second kappa shape index (κ2) is 6.49. The monoisotopic (exact) mass is 340 g/mol. The van der Waals surface area contributed by atoms with E-state index in [9.17, 15) is 13.2 Å². The zero-order valence-electron chi connectivity index (χ0n) is 14.0. The molecule has 0 unspecified atom stereocenters. The molecule has 1 heterocycles. The third kappa shape index (κ3) is 3.50. The Hall–Kier alpha value is -1.60. The first-order valence-corrected chi connectivity index (χ1v) is 9.15. The summed E-state index contributed by atoms with van der Waals surface area (Å²) in [7, 11) is -2.14. The number of nitrogens with zero attached hydrogens (tertiary/aromatic N) is 1. The smallest absolute Gasteiger partial charge is 0.246 e. The van der Waals surface area contributed by atoms with Gasteiger partial charge in [-0.3, -0.25) is 4.79 Å². The first kappa shape index (κ1) is 17.7. The van der Waals surface area contributed by atoms with Crippen LogP contribution in [-0.2, 0) is 14.8 Å². The number of amides is 1. The largest absolute Gasteiger partial charge is 0.491 e. The molecule has 1 aromatic rings.